The van der Waals surface area contributed by atoms with Gasteiger partial charge in [-0.25, -0.2) is 0 Å². The molecule has 1 aliphatic heterocycles. The number of hydrogen-bond donors (Lipinski definition) is 1. The van der Waals surface area contributed by atoms with E-state index in [0.717, 1.165) is 4.90 Å². The molecule has 0 saturated carbocycles. The van der Waals surface area contributed by atoms with Crippen LogP contribution >= 0.6 is 0 Å². The normalized spacial score (nSPS) is 13.3. The summed E-state index contributed by atoms with van der Waals surface area (Å²) in [5.41, 5.74) is 1.58. The van der Waals surface area contributed by atoms with Crippen molar-refractivity contribution in [2.75, 3.05) is 12.4 Å². The lowest BCUT2D eigenvalue weighted by molar-refractivity contribution is 0.0692. The van der Waals surface area contributed by atoms with Crippen LogP contribution in [-0.4, -0.2) is 34.7 Å². The zero-order valence-corrected chi connectivity index (χ0v) is 11.2. The van der Waals surface area contributed by atoms with E-state index in [0.29, 0.717) is 22.4 Å². The van der Waals surface area contributed by atoms with Gasteiger partial charge in [0, 0.05) is 30.7 Å². The van der Waals surface area contributed by atoms with Crippen molar-refractivity contribution in [2.24, 2.45) is 0 Å². The summed E-state index contributed by atoms with van der Waals surface area (Å²) in [5, 5.41) is 2.69. The summed E-state index contributed by atoms with van der Waals surface area (Å²) in [4.78, 5) is 40.6. The van der Waals surface area contributed by atoms with E-state index >= 15 is 0 Å². The quantitative estimate of drug-likeness (QED) is 0.847. The van der Waals surface area contributed by atoms with Crippen molar-refractivity contribution in [3.63, 3.8) is 0 Å². The summed E-state index contributed by atoms with van der Waals surface area (Å²) in [7, 11) is 1.43. The molecule has 1 aromatic heterocycles. The lowest BCUT2D eigenvalue weighted by Crippen LogP contribution is -2.24. The molecular formula is C15H11N3O3. The zero-order valence-electron chi connectivity index (χ0n) is 11.2. The van der Waals surface area contributed by atoms with Gasteiger partial charge >= 0.3 is 0 Å². The van der Waals surface area contributed by atoms with Crippen molar-refractivity contribution >= 4 is 23.4 Å². The molecule has 0 atom stereocenters. The maximum Gasteiger partial charge on any atom is 0.261 e. The molecule has 0 spiro atoms. The first-order valence-electron chi connectivity index (χ1n) is 6.26. The van der Waals surface area contributed by atoms with Gasteiger partial charge in [-0.3, -0.25) is 24.3 Å². The van der Waals surface area contributed by atoms with E-state index in [-0.39, 0.29) is 17.7 Å². The first kappa shape index (κ1) is 13.0. The van der Waals surface area contributed by atoms with Gasteiger partial charge in [0.25, 0.3) is 17.7 Å². The van der Waals surface area contributed by atoms with Crippen LogP contribution in [0.25, 0.3) is 0 Å². The van der Waals surface area contributed by atoms with Gasteiger partial charge in [-0.15, -0.1) is 0 Å². The highest BCUT2D eigenvalue weighted by Gasteiger charge is 2.32. The van der Waals surface area contributed by atoms with Crippen molar-refractivity contribution in [3.05, 3.63) is 59.4 Å². The van der Waals surface area contributed by atoms with Crippen molar-refractivity contribution in [3.8, 4) is 0 Å². The summed E-state index contributed by atoms with van der Waals surface area (Å²) >= 11 is 0. The summed E-state index contributed by atoms with van der Waals surface area (Å²) in [6.07, 6.45) is 3.05. The molecule has 21 heavy (non-hydrogen) atoms. The van der Waals surface area contributed by atoms with Gasteiger partial charge in [0.15, 0.2) is 0 Å². The second-order valence-electron chi connectivity index (χ2n) is 4.62. The maximum absolute atomic E-state index is 12.0. The Hall–Kier alpha value is -3.02. The van der Waals surface area contributed by atoms with Crippen molar-refractivity contribution in [1.82, 2.24) is 9.88 Å². The van der Waals surface area contributed by atoms with Crippen LogP contribution in [0.3, 0.4) is 0 Å². The highest BCUT2D eigenvalue weighted by molar-refractivity contribution is 6.21. The van der Waals surface area contributed by atoms with Crippen LogP contribution in [-0.2, 0) is 0 Å². The Bertz CT molecular complexity index is 756. The molecule has 1 aliphatic rings. The molecule has 3 amide bonds. The minimum Gasteiger partial charge on any atom is -0.322 e. The second kappa shape index (κ2) is 4.82. The number of carbonyl (C=O) groups excluding carboxylic acids is 3. The van der Waals surface area contributed by atoms with Crippen LogP contribution in [0, 0.1) is 0 Å². The van der Waals surface area contributed by atoms with E-state index in [9.17, 15) is 14.4 Å². The Morgan fingerprint density at radius 3 is 2.43 bits per heavy atom. The van der Waals surface area contributed by atoms with E-state index in [1.807, 2.05) is 0 Å². The first-order valence-corrected chi connectivity index (χ1v) is 6.26. The molecule has 3 rings (SSSR count). The topological polar surface area (TPSA) is 79.4 Å². The van der Waals surface area contributed by atoms with Gasteiger partial charge in [-0.2, -0.15) is 0 Å². The Morgan fingerprint density at radius 1 is 1.05 bits per heavy atom. The molecular weight excluding hydrogens is 270 g/mol. The number of amides is 3. The fraction of sp³-hybridized carbons (Fsp3) is 0.0667. The average molecular weight is 281 g/mol. The minimum absolute atomic E-state index is 0.301. The predicted molar refractivity (Wildman–Crippen MR) is 75.1 cm³/mol. The van der Waals surface area contributed by atoms with Crippen molar-refractivity contribution in [2.45, 2.75) is 0 Å². The third-order valence-corrected chi connectivity index (χ3v) is 3.29. The third-order valence-electron chi connectivity index (χ3n) is 3.29. The smallest absolute Gasteiger partial charge is 0.261 e. The van der Waals surface area contributed by atoms with Gasteiger partial charge in [-0.05, 0) is 30.3 Å². The Balaban J connectivity index is 1.88. The number of rotatable bonds is 2. The second-order valence-corrected chi connectivity index (χ2v) is 4.62. The number of nitrogens with one attached hydrogen (secondary N) is 1. The number of nitrogens with zero attached hydrogens (tertiary/aromatic N) is 2. The molecule has 1 aromatic carbocycles. The Morgan fingerprint density at radius 2 is 1.71 bits per heavy atom. The van der Waals surface area contributed by atoms with Crippen LogP contribution in [0.15, 0.2) is 42.7 Å². The molecule has 0 fully saturated rings. The number of carbonyl (C=O) groups is 3. The van der Waals surface area contributed by atoms with Crippen LogP contribution in [0.1, 0.15) is 31.1 Å². The van der Waals surface area contributed by atoms with Crippen molar-refractivity contribution < 1.29 is 14.4 Å². The molecule has 2 heterocycles. The highest BCUT2D eigenvalue weighted by Crippen LogP contribution is 2.24. The van der Waals surface area contributed by atoms with Gasteiger partial charge in [0.1, 0.15) is 0 Å². The van der Waals surface area contributed by atoms with Crippen LogP contribution < -0.4 is 5.32 Å². The monoisotopic (exact) mass is 281 g/mol. The SMILES string of the molecule is CN1C(=O)c2ccc(NC(=O)c3ccncc3)cc2C1=O. The lowest BCUT2D eigenvalue weighted by Gasteiger charge is -2.06. The summed E-state index contributed by atoms with van der Waals surface area (Å²) in [6.45, 7) is 0. The number of aromatic nitrogens is 1. The zero-order chi connectivity index (χ0) is 15.0. The van der Waals surface area contributed by atoms with Gasteiger partial charge in [0.2, 0.25) is 0 Å². The summed E-state index contributed by atoms with van der Waals surface area (Å²) in [6, 6.07) is 7.83. The molecule has 0 radical (unpaired) electrons. The fourth-order valence-electron chi connectivity index (χ4n) is 2.15. The fourth-order valence-corrected chi connectivity index (χ4v) is 2.15. The molecule has 0 aliphatic carbocycles. The van der Waals surface area contributed by atoms with E-state index in [1.165, 1.54) is 25.5 Å². The summed E-state index contributed by atoms with van der Waals surface area (Å²) < 4.78 is 0. The number of benzene rings is 1. The largest absolute Gasteiger partial charge is 0.322 e. The van der Waals surface area contributed by atoms with Crippen LogP contribution in [0.4, 0.5) is 5.69 Å². The first-order chi connectivity index (χ1) is 10.1. The van der Waals surface area contributed by atoms with Crippen LogP contribution in [0.2, 0.25) is 0 Å². The number of pyridine rings is 1. The van der Waals surface area contributed by atoms with E-state index in [1.54, 1.807) is 24.3 Å². The van der Waals surface area contributed by atoms with Crippen LogP contribution in [0.5, 0.6) is 0 Å². The number of fused-ring (bicyclic) bond motifs is 1. The highest BCUT2D eigenvalue weighted by atomic mass is 16.2. The molecule has 6 nitrogen and oxygen atoms in total. The maximum atomic E-state index is 12.0. The predicted octanol–water partition coefficient (Wildman–Crippen LogP) is 1.56. The van der Waals surface area contributed by atoms with Crippen molar-refractivity contribution in [1.29, 1.82) is 0 Å². The standard InChI is InChI=1S/C15H11N3O3/c1-18-14(20)11-3-2-10(8-12(11)15(18)21)17-13(19)9-4-6-16-7-5-9/h2-8H,1H3,(H,17,19). The lowest BCUT2D eigenvalue weighted by atomic mass is 10.1. The third kappa shape index (κ3) is 2.16. The Labute approximate surface area is 120 Å². The number of imide groups is 1. The average Bonchev–Trinajstić information content (AvgIpc) is 2.73. The van der Waals surface area contributed by atoms with Gasteiger partial charge < -0.3 is 5.32 Å². The minimum atomic E-state index is -0.366. The van der Waals surface area contributed by atoms with Gasteiger partial charge in [0.05, 0.1) is 11.1 Å². The summed E-state index contributed by atoms with van der Waals surface area (Å²) in [5.74, 6) is -1.00. The number of anilines is 1. The molecule has 0 saturated heterocycles. The molecule has 6 heteroatoms. The molecule has 2 aromatic rings. The van der Waals surface area contributed by atoms with E-state index in [2.05, 4.69) is 10.3 Å². The van der Waals surface area contributed by atoms with Gasteiger partial charge in [-0.1, -0.05) is 0 Å². The molecule has 0 unspecified atom stereocenters. The Kier molecular flexibility index (Phi) is 2.98. The molecule has 104 valence electrons. The molecule has 1 N–H and O–H groups in total. The van der Waals surface area contributed by atoms with E-state index < -0.39 is 0 Å². The molecule has 0 bridgehead atoms. The number of hydrogen-bond acceptors (Lipinski definition) is 4. The van der Waals surface area contributed by atoms with E-state index in [4.69, 9.17) is 0 Å².